The zero-order valence-electron chi connectivity index (χ0n) is 8.65. The maximum Gasteiger partial charge on any atom is 0.257 e. The van der Waals surface area contributed by atoms with Gasteiger partial charge in [0.1, 0.15) is 5.15 Å². The Morgan fingerprint density at radius 3 is 2.76 bits per heavy atom. The van der Waals surface area contributed by atoms with Crippen molar-refractivity contribution in [3.8, 4) is 0 Å². The van der Waals surface area contributed by atoms with Crippen molar-refractivity contribution in [2.24, 2.45) is 0 Å². The molecule has 2 aromatic rings. The number of carbonyl (C=O) groups is 1. The van der Waals surface area contributed by atoms with Gasteiger partial charge in [0.15, 0.2) is 0 Å². The fourth-order valence-corrected chi connectivity index (χ4v) is 1.93. The summed E-state index contributed by atoms with van der Waals surface area (Å²) >= 11 is 7.84. The molecule has 0 aliphatic carbocycles. The number of aromatic nitrogens is 1. The van der Waals surface area contributed by atoms with Gasteiger partial charge in [-0.05, 0) is 52.9 Å². The van der Waals surface area contributed by atoms with Crippen molar-refractivity contribution in [2.45, 2.75) is 0 Å². The van der Waals surface area contributed by atoms with Crippen LogP contribution in [0, 0.1) is 3.57 Å². The van der Waals surface area contributed by atoms with Crippen molar-refractivity contribution in [3.63, 3.8) is 0 Å². The molecule has 86 valence electrons. The van der Waals surface area contributed by atoms with E-state index in [1.165, 1.54) is 6.20 Å². The molecule has 0 unspecified atom stereocenters. The number of hydrogen-bond donors (Lipinski definition) is 1. The molecule has 0 saturated carbocycles. The molecule has 1 aromatic heterocycles. The average molecular weight is 359 g/mol. The topological polar surface area (TPSA) is 42.0 Å². The number of amides is 1. The zero-order valence-corrected chi connectivity index (χ0v) is 11.6. The van der Waals surface area contributed by atoms with Crippen molar-refractivity contribution >= 4 is 45.8 Å². The summed E-state index contributed by atoms with van der Waals surface area (Å²) in [6.45, 7) is 0. The van der Waals surface area contributed by atoms with Crippen LogP contribution >= 0.6 is 34.2 Å². The zero-order chi connectivity index (χ0) is 12.3. The second kappa shape index (κ2) is 5.46. The summed E-state index contributed by atoms with van der Waals surface area (Å²) in [6.07, 6.45) is 1.45. The molecule has 1 aromatic carbocycles. The van der Waals surface area contributed by atoms with Crippen LogP contribution in [0.2, 0.25) is 5.15 Å². The summed E-state index contributed by atoms with van der Waals surface area (Å²) in [7, 11) is 0. The van der Waals surface area contributed by atoms with Crippen LogP contribution in [0.1, 0.15) is 10.4 Å². The van der Waals surface area contributed by atoms with E-state index >= 15 is 0 Å². The van der Waals surface area contributed by atoms with E-state index < -0.39 is 0 Å². The van der Waals surface area contributed by atoms with Crippen molar-refractivity contribution in [1.29, 1.82) is 0 Å². The van der Waals surface area contributed by atoms with E-state index in [2.05, 4.69) is 32.9 Å². The van der Waals surface area contributed by atoms with Crippen molar-refractivity contribution in [2.75, 3.05) is 5.32 Å². The average Bonchev–Trinajstić information content (AvgIpc) is 2.29. The van der Waals surface area contributed by atoms with Gasteiger partial charge in [0.25, 0.3) is 5.91 Å². The second-order valence-corrected chi connectivity index (χ2v) is 4.97. The largest absolute Gasteiger partial charge is 0.322 e. The molecular weight excluding hydrogens is 351 g/mol. The van der Waals surface area contributed by atoms with Crippen LogP contribution in [-0.2, 0) is 0 Å². The Morgan fingerprint density at radius 1 is 1.29 bits per heavy atom. The maximum atomic E-state index is 11.8. The molecule has 5 heteroatoms. The molecule has 0 spiro atoms. The van der Waals surface area contributed by atoms with Gasteiger partial charge in [0.05, 0.1) is 5.56 Å². The van der Waals surface area contributed by atoms with Gasteiger partial charge in [0.2, 0.25) is 0 Å². The van der Waals surface area contributed by atoms with Gasteiger partial charge in [-0.25, -0.2) is 4.98 Å². The van der Waals surface area contributed by atoms with Crippen LogP contribution in [0.4, 0.5) is 5.69 Å². The molecule has 1 amide bonds. The summed E-state index contributed by atoms with van der Waals surface area (Å²) in [5.41, 5.74) is 1.24. The number of halogens is 2. The third-order valence-corrected chi connectivity index (χ3v) is 2.97. The summed E-state index contributed by atoms with van der Waals surface area (Å²) in [4.78, 5) is 15.7. The first-order valence-corrected chi connectivity index (χ1v) is 6.29. The normalized spacial score (nSPS) is 10.0. The summed E-state index contributed by atoms with van der Waals surface area (Å²) < 4.78 is 1.06. The van der Waals surface area contributed by atoms with Gasteiger partial charge in [-0.2, -0.15) is 0 Å². The van der Waals surface area contributed by atoms with Gasteiger partial charge < -0.3 is 5.32 Å². The Morgan fingerprint density at radius 2 is 2.12 bits per heavy atom. The molecule has 0 aliphatic heterocycles. The minimum Gasteiger partial charge on any atom is -0.322 e. The highest BCUT2D eigenvalue weighted by Crippen LogP contribution is 2.14. The Labute approximate surface area is 117 Å². The van der Waals surface area contributed by atoms with Gasteiger partial charge in [0, 0.05) is 15.5 Å². The van der Waals surface area contributed by atoms with E-state index in [9.17, 15) is 4.79 Å². The van der Waals surface area contributed by atoms with Gasteiger partial charge in [-0.15, -0.1) is 0 Å². The van der Waals surface area contributed by atoms with Crippen LogP contribution in [-0.4, -0.2) is 10.9 Å². The molecule has 0 atom stereocenters. The lowest BCUT2D eigenvalue weighted by atomic mass is 10.2. The lowest BCUT2D eigenvalue weighted by Gasteiger charge is -2.05. The van der Waals surface area contributed by atoms with Gasteiger partial charge >= 0.3 is 0 Å². The Balaban J connectivity index is 2.14. The lowest BCUT2D eigenvalue weighted by Crippen LogP contribution is -2.12. The minimum absolute atomic E-state index is 0.198. The number of anilines is 1. The summed E-state index contributed by atoms with van der Waals surface area (Å²) in [5.74, 6) is -0.198. The molecule has 0 bridgehead atoms. The van der Waals surface area contributed by atoms with Gasteiger partial charge in [-0.3, -0.25) is 4.79 Å². The molecule has 0 radical (unpaired) electrons. The van der Waals surface area contributed by atoms with E-state index in [4.69, 9.17) is 11.6 Å². The van der Waals surface area contributed by atoms with E-state index in [-0.39, 0.29) is 5.91 Å². The van der Waals surface area contributed by atoms with Crippen LogP contribution in [0.5, 0.6) is 0 Å². The fraction of sp³-hybridized carbons (Fsp3) is 0. The number of pyridine rings is 1. The molecule has 2 rings (SSSR count). The third kappa shape index (κ3) is 3.41. The van der Waals surface area contributed by atoms with E-state index in [1.807, 2.05) is 24.3 Å². The molecule has 0 fully saturated rings. The molecule has 3 nitrogen and oxygen atoms in total. The lowest BCUT2D eigenvalue weighted by molar-refractivity contribution is 0.102. The Kier molecular flexibility index (Phi) is 3.96. The molecule has 0 saturated heterocycles. The van der Waals surface area contributed by atoms with Crippen LogP contribution < -0.4 is 5.32 Å². The first-order chi connectivity index (χ1) is 8.15. The number of nitrogens with one attached hydrogen (secondary N) is 1. The van der Waals surface area contributed by atoms with E-state index in [0.29, 0.717) is 10.7 Å². The second-order valence-electron chi connectivity index (χ2n) is 3.33. The monoisotopic (exact) mass is 358 g/mol. The number of nitrogens with zero attached hydrogens (tertiary/aromatic N) is 1. The van der Waals surface area contributed by atoms with Crippen molar-refractivity contribution in [3.05, 3.63) is 56.9 Å². The smallest absolute Gasteiger partial charge is 0.257 e. The van der Waals surface area contributed by atoms with Crippen LogP contribution in [0.15, 0.2) is 42.6 Å². The maximum absolute atomic E-state index is 11.8. The molecule has 1 N–H and O–H groups in total. The number of carbonyl (C=O) groups excluding carboxylic acids is 1. The fourth-order valence-electron chi connectivity index (χ4n) is 1.28. The van der Waals surface area contributed by atoms with Gasteiger partial charge in [-0.1, -0.05) is 17.7 Å². The highest BCUT2D eigenvalue weighted by Gasteiger charge is 2.06. The highest BCUT2D eigenvalue weighted by molar-refractivity contribution is 14.1. The van der Waals surface area contributed by atoms with E-state index in [0.717, 1.165) is 9.26 Å². The first kappa shape index (κ1) is 12.3. The van der Waals surface area contributed by atoms with Crippen molar-refractivity contribution in [1.82, 2.24) is 4.98 Å². The quantitative estimate of drug-likeness (QED) is 0.658. The summed E-state index contributed by atoms with van der Waals surface area (Å²) in [5, 5.41) is 3.16. The Hall–Kier alpha value is -1.14. The molecule has 17 heavy (non-hydrogen) atoms. The van der Waals surface area contributed by atoms with Crippen LogP contribution in [0.3, 0.4) is 0 Å². The number of benzene rings is 1. The predicted octanol–water partition coefficient (Wildman–Crippen LogP) is 3.59. The molecular formula is C12H8ClIN2O. The predicted molar refractivity (Wildman–Crippen MR) is 76.4 cm³/mol. The summed E-state index contributed by atoms with van der Waals surface area (Å²) in [6, 6.07) is 10.8. The SMILES string of the molecule is O=C(Nc1cccc(I)c1)c1ccc(Cl)nc1. The molecule has 0 aliphatic rings. The molecule has 1 heterocycles. The first-order valence-electron chi connectivity index (χ1n) is 4.83. The van der Waals surface area contributed by atoms with Crippen molar-refractivity contribution < 1.29 is 4.79 Å². The third-order valence-electron chi connectivity index (χ3n) is 2.07. The van der Waals surface area contributed by atoms with Crippen LogP contribution in [0.25, 0.3) is 0 Å². The Bertz CT molecular complexity index is 542. The minimum atomic E-state index is -0.198. The standard InChI is InChI=1S/C12H8ClIN2O/c13-11-5-4-8(7-15-11)12(17)16-10-3-1-2-9(14)6-10/h1-7H,(H,16,17). The highest BCUT2D eigenvalue weighted by atomic mass is 127. The number of hydrogen-bond acceptors (Lipinski definition) is 2. The van der Waals surface area contributed by atoms with E-state index in [1.54, 1.807) is 12.1 Å². The number of rotatable bonds is 2.